The van der Waals surface area contributed by atoms with Gasteiger partial charge in [-0.1, -0.05) is 42.5 Å². The van der Waals surface area contributed by atoms with E-state index in [9.17, 15) is 9.90 Å². The number of carbonyl (C=O) groups is 1. The highest BCUT2D eigenvalue weighted by Crippen LogP contribution is 2.29. The van der Waals surface area contributed by atoms with Gasteiger partial charge in [0.15, 0.2) is 0 Å². The molecule has 1 aliphatic carbocycles. The SMILES string of the molecule is CCOc1ccc(C(NC2CCC(C(=O)O)CC2)c2ccccc2)cc1. The average molecular weight is 353 g/mol. The molecule has 0 heterocycles. The van der Waals surface area contributed by atoms with Crippen LogP contribution in [0.2, 0.25) is 0 Å². The molecule has 3 rings (SSSR count). The molecule has 1 saturated carbocycles. The summed E-state index contributed by atoms with van der Waals surface area (Å²) in [4.78, 5) is 11.2. The number of hydrogen-bond acceptors (Lipinski definition) is 3. The highest BCUT2D eigenvalue weighted by Gasteiger charge is 2.27. The molecule has 1 atom stereocenters. The molecule has 0 aliphatic heterocycles. The predicted octanol–water partition coefficient (Wildman–Crippen LogP) is 4.41. The third-order valence-electron chi connectivity index (χ3n) is 5.14. The van der Waals surface area contributed by atoms with E-state index in [-0.39, 0.29) is 12.0 Å². The minimum atomic E-state index is -0.658. The maximum Gasteiger partial charge on any atom is 0.306 e. The average Bonchev–Trinajstić information content (AvgIpc) is 2.68. The Morgan fingerprint density at radius 2 is 1.65 bits per heavy atom. The first-order chi connectivity index (χ1) is 12.7. The van der Waals surface area contributed by atoms with Crippen LogP contribution in [0, 0.1) is 5.92 Å². The molecule has 0 bridgehead atoms. The smallest absolute Gasteiger partial charge is 0.306 e. The minimum absolute atomic E-state index is 0.0956. The molecule has 2 aromatic rings. The largest absolute Gasteiger partial charge is 0.494 e. The zero-order valence-electron chi connectivity index (χ0n) is 15.2. The molecule has 1 fully saturated rings. The number of rotatable bonds is 7. The number of aliphatic carboxylic acids is 1. The third kappa shape index (κ3) is 4.64. The van der Waals surface area contributed by atoms with Gasteiger partial charge in [0.05, 0.1) is 18.6 Å². The van der Waals surface area contributed by atoms with Crippen LogP contribution in [0.3, 0.4) is 0 Å². The molecule has 1 unspecified atom stereocenters. The van der Waals surface area contributed by atoms with Crippen molar-refractivity contribution in [3.63, 3.8) is 0 Å². The summed E-state index contributed by atoms with van der Waals surface area (Å²) in [6.45, 7) is 2.64. The van der Waals surface area contributed by atoms with E-state index in [1.54, 1.807) is 0 Å². The zero-order valence-corrected chi connectivity index (χ0v) is 15.2. The van der Waals surface area contributed by atoms with E-state index in [4.69, 9.17) is 4.74 Å². The fourth-order valence-corrected chi connectivity index (χ4v) is 3.70. The lowest BCUT2D eigenvalue weighted by Crippen LogP contribution is -2.37. The van der Waals surface area contributed by atoms with Crippen LogP contribution in [0.1, 0.15) is 49.8 Å². The molecule has 2 N–H and O–H groups in total. The molecule has 0 saturated heterocycles. The number of benzene rings is 2. The summed E-state index contributed by atoms with van der Waals surface area (Å²) in [6, 6.07) is 19.1. The third-order valence-corrected chi connectivity index (χ3v) is 5.14. The quantitative estimate of drug-likeness (QED) is 0.774. The van der Waals surface area contributed by atoms with Gasteiger partial charge in [0.25, 0.3) is 0 Å². The fraction of sp³-hybridized carbons (Fsp3) is 0.409. The molecule has 0 amide bonds. The minimum Gasteiger partial charge on any atom is -0.494 e. The van der Waals surface area contributed by atoms with Crippen LogP contribution in [0.4, 0.5) is 0 Å². The van der Waals surface area contributed by atoms with E-state index in [0.29, 0.717) is 12.6 Å². The normalized spacial score (nSPS) is 21.1. The van der Waals surface area contributed by atoms with E-state index in [0.717, 1.165) is 31.4 Å². The molecule has 26 heavy (non-hydrogen) atoms. The van der Waals surface area contributed by atoms with Gasteiger partial charge in [-0.2, -0.15) is 0 Å². The van der Waals surface area contributed by atoms with Crippen molar-refractivity contribution in [2.75, 3.05) is 6.61 Å². The van der Waals surface area contributed by atoms with Crippen LogP contribution >= 0.6 is 0 Å². The molecule has 0 aromatic heterocycles. The molecule has 2 aromatic carbocycles. The number of carboxylic acids is 1. The lowest BCUT2D eigenvalue weighted by atomic mass is 9.85. The van der Waals surface area contributed by atoms with Crippen LogP contribution in [0.25, 0.3) is 0 Å². The monoisotopic (exact) mass is 353 g/mol. The number of hydrogen-bond donors (Lipinski definition) is 2. The van der Waals surface area contributed by atoms with Crippen molar-refractivity contribution in [2.24, 2.45) is 5.92 Å². The van der Waals surface area contributed by atoms with Gasteiger partial charge in [0.1, 0.15) is 5.75 Å². The predicted molar refractivity (Wildman–Crippen MR) is 102 cm³/mol. The summed E-state index contributed by atoms with van der Waals surface area (Å²) in [6.07, 6.45) is 3.30. The second kappa shape index (κ2) is 8.86. The van der Waals surface area contributed by atoms with Crippen LogP contribution in [-0.2, 0) is 4.79 Å². The lowest BCUT2D eigenvalue weighted by molar-refractivity contribution is -0.142. The second-order valence-electron chi connectivity index (χ2n) is 6.90. The van der Waals surface area contributed by atoms with Gasteiger partial charge in [-0.3, -0.25) is 4.79 Å². The molecule has 0 radical (unpaired) electrons. The van der Waals surface area contributed by atoms with Gasteiger partial charge in [-0.25, -0.2) is 0 Å². The van der Waals surface area contributed by atoms with Crippen molar-refractivity contribution in [3.05, 3.63) is 65.7 Å². The van der Waals surface area contributed by atoms with Crippen molar-refractivity contribution >= 4 is 5.97 Å². The van der Waals surface area contributed by atoms with E-state index >= 15 is 0 Å². The summed E-state index contributed by atoms with van der Waals surface area (Å²) in [5, 5.41) is 13.0. The standard InChI is InChI=1S/C22H27NO3/c1-2-26-20-14-10-17(11-15-20)21(16-6-4-3-5-7-16)23-19-12-8-18(9-13-19)22(24)25/h3-7,10-11,14-15,18-19,21,23H,2,8-9,12-13H2,1H3,(H,24,25). The molecule has 4 heteroatoms. The highest BCUT2D eigenvalue weighted by molar-refractivity contribution is 5.70. The Labute approximate surface area is 155 Å². The molecule has 1 aliphatic rings. The van der Waals surface area contributed by atoms with Crippen LogP contribution in [0.5, 0.6) is 5.75 Å². The lowest BCUT2D eigenvalue weighted by Gasteiger charge is -2.31. The van der Waals surface area contributed by atoms with Gasteiger partial charge < -0.3 is 15.2 Å². The van der Waals surface area contributed by atoms with E-state index in [1.807, 2.05) is 25.1 Å². The summed E-state index contributed by atoms with van der Waals surface area (Å²) in [7, 11) is 0. The Morgan fingerprint density at radius 1 is 1.04 bits per heavy atom. The van der Waals surface area contributed by atoms with Gasteiger partial charge in [-0.05, 0) is 55.9 Å². The van der Waals surface area contributed by atoms with Gasteiger partial charge in [0.2, 0.25) is 0 Å². The Morgan fingerprint density at radius 3 is 2.23 bits per heavy atom. The molecule has 0 spiro atoms. The van der Waals surface area contributed by atoms with E-state index in [2.05, 4.69) is 41.7 Å². The first-order valence-corrected chi connectivity index (χ1v) is 9.44. The van der Waals surface area contributed by atoms with Crippen molar-refractivity contribution in [3.8, 4) is 5.75 Å². The number of nitrogens with one attached hydrogen (secondary N) is 1. The first kappa shape index (κ1) is 18.5. The summed E-state index contributed by atoms with van der Waals surface area (Å²) in [5.74, 6) is 0.0355. The van der Waals surface area contributed by atoms with E-state index in [1.165, 1.54) is 11.1 Å². The van der Waals surface area contributed by atoms with Crippen LogP contribution in [-0.4, -0.2) is 23.7 Å². The Bertz CT molecular complexity index is 691. The number of carboxylic acid groups (broad SMARTS) is 1. The Hall–Kier alpha value is -2.33. The zero-order chi connectivity index (χ0) is 18.4. The maximum atomic E-state index is 11.2. The molecular weight excluding hydrogens is 326 g/mol. The summed E-state index contributed by atoms with van der Waals surface area (Å²) >= 11 is 0. The number of ether oxygens (including phenoxy) is 1. The second-order valence-corrected chi connectivity index (χ2v) is 6.90. The van der Waals surface area contributed by atoms with Crippen LogP contribution in [0.15, 0.2) is 54.6 Å². The van der Waals surface area contributed by atoms with Gasteiger partial charge >= 0.3 is 5.97 Å². The van der Waals surface area contributed by atoms with Crippen molar-refractivity contribution in [2.45, 2.75) is 44.7 Å². The highest BCUT2D eigenvalue weighted by atomic mass is 16.5. The topological polar surface area (TPSA) is 58.6 Å². The van der Waals surface area contributed by atoms with Gasteiger partial charge in [-0.15, -0.1) is 0 Å². The van der Waals surface area contributed by atoms with E-state index < -0.39 is 5.97 Å². The molecule has 138 valence electrons. The van der Waals surface area contributed by atoms with Crippen molar-refractivity contribution in [1.82, 2.24) is 5.32 Å². The van der Waals surface area contributed by atoms with Crippen molar-refractivity contribution < 1.29 is 14.6 Å². The Balaban J connectivity index is 1.75. The molecule has 4 nitrogen and oxygen atoms in total. The van der Waals surface area contributed by atoms with Crippen LogP contribution < -0.4 is 10.1 Å². The fourth-order valence-electron chi connectivity index (χ4n) is 3.70. The summed E-state index contributed by atoms with van der Waals surface area (Å²) in [5.41, 5.74) is 2.41. The summed E-state index contributed by atoms with van der Waals surface area (Å²) < 4.78 is 5.55. The van der Waals surface area contributed by atoms with Crippen molar-refractivity contribution in [1.29, 1.82) is 0 Å². The molecular formula is C22H27NO3. The maximum absolute atomic E-state index is 11.2. The Kier molecular flexibility index (Phi) is 6.29. The van der Waals surface area contributed by atoms with Gasteiger partial charge in [0, 0.05) is 6.04 Å². The first-order valence-electron chi connectivity index (χ1n) is 9.44.